The van der Waals surface area contributed by atoms with Gasteiger partial charge in [-0.2, -0.15) is 0 Å². The highest BCUT2D eigenvalue weighted by Crippen LogP contribution is 2.14. The van der Waals surface area contributed by atoms with Crippen LogP contribution < -0.4 is 0 Å². The molecule has 0 amide bonds. The molecule has 0 aliphatic heterocycles. The summed E-state index contributed by atoms with van der Waals surface area (Å²) in [7, 11) is 0. The molecule has 0 bridgehead atoms. The minimum absolute atomic E-state index is 0.0400. The average Bonchev–Trinajstić information content (AvgIpc) is 2.02. The molecule has 0 saturated carbocycles. The number of aliphatic carboxylic acids is 2. The summed E-state index contributed by atoms with van der Waals surface area (Å²) in [6.45, 7) is 3.82. The third kappa shape index (κ3) is 5.00. The Hall–Kier alpha value is -1.32. The van der Waals surface area contributed by atoms with Gasteiger partial charge in [0, 0.05) is 11.6 Å². The summed E-state index contributed by atoms with van der Waals surface area (Å²) in [4.78, 5) is 20.8. The van der Waals surface area contributed by atoms with Crippen LogP contribution in [0, 0.1) is 5.92 Å². The van der Waals surface area contributed by atoms with E-state index in [1.807, 2.05) is 13.8 Å². The molecule has 0 aliphatic rings. The lowest BCUT2D eigenvalue weighted by atomic mass is 9.99. The molecular weight excluding hydrogens is 172 g/mol. The summed E-state index contributed by atoms with van der Waals surface area (Å²) in [5.41, 5.74) is -0.0400. The first-order valence-electron chi connectivity index (χ1n) is 4.14. The lowest BCUT2D eigenvalue weighted by Gasteiger charge is -2.07. The molecule has 0 aromatic rings. The largest absolute Gasteiger partial charge is 0.478 e. The molecule has 0 rings (SSSR count). The quantitative estimate of drug-likeness (QED) is 0.638. The SMILES string of the molecule is CCC(C)CC(=CC(=O)O)C(=O)O. The van der Waals surface area contributed by atoms with Gasteiger partial charge in [-0.1, -0.05) is 20.3 Å². The molecule has 0 saturated heterocycles. The Morgan fingerprint density at radius 2 is 1.92 bits per heavy atom. The molecule has 0 heterocycles. The second kappa shape index (κ2) is 5.35. The summed E-state index contributed by atoms with van der Waals surface area (Å²) in [5.74, 6) is -2.16. The zero-order chi connectivity index (χ0) is 10.4. The van der Waals surface area contributed by atoms with Gasteiger partial charge < -0.3 is 10.2 Å². The monoisotopic (exact) mass is 186 g/mol. The minimum atomic E-state index is -1.21. The Kier molecular flexibility index (Phi) is 4.80. The molecule has 0 radical (unpaired) electrons. The maximum atomic E-state index is 10.6. The van der Waals surface area contributed by atoms with Crippen molar-refractivity contribution in [3.8, 4) is 0 Å². The molecule has 0 spiro atoms. The average molecular weight is 186 g/mol. The number of carbonyl (C=O) groups is 2. The Morgan fingerprint density at radius 3 is 2.23 bits per heavy atom. The highest BCUT2D eigenvalue weighted by molar-refractivity contribution is 5.94. The first-order chi connectivity index (χ1) is 5.97. The molecular formula is C9H14O4. The third-order valence-corrected chi connectivity index (χ3v) is 1.84. The number of carboxylic acids is 2. The van der Waals surface area contributed by atoms with Crippen LogP contribution >= 0.6 is 0 Å². The van der Waals surface area contributed by atoms with Gasteiger partial charge in [-0.25, -0.2) is 9.59 Å². The Bertz CT molecular complexity index is 230. The van der Waals surface area contributed by atoms with Crippen molar-refractivity contribution in [2.75, 3.05) is 0 Å². The first kappa shape index (κ1) is 11.7. The topological polar surface area (TPSA) is 74.6 Å². The smallest absolute Gasteiger partial charge is 0.331 e. The van der Waals surface area contributed by atoms with E-state index in [1.54, 1.807) is 0 Å². The van der Waals surface area contributed by atoms with E-state index < -0.39 is 11.9 Å². The molecule has 0 aliphatic carbocycles. The highest BCUT2D eigenvalue weighted by atomic mass is 16.4. The lowest BCUT2D eigenvalue weighted by Crippen LogP contribution is -2.07. The van der Waals surface area contributed by atoms with Crippen LogP contribution in [-0.2, 0) is 9.59 Å². The maximum absolute atomic E-state index is 10.6. The normalized spacial score (nSPS) is 13.8. The van der Waals surface area contributed by atoms with Gasteiger partial charge in [-0.05, 0) is 12.3 Å². The predicted octanol–water partition coefficient (Wildman–Crippen LogP) is 1.52. The van der Waals surface area contributed by atoms with Gasteiger partial charge in [-0.15, -0.1) is 0 Å². The Labute approximate surface area is 76.9 Å². The van der Waals surface area contributed by atoms with Crippen LogP contribution in [0.4, 0.5) is 0 Å². The van der Waals surface area contributed by atoms with Gasteiger partial charge in [-0.3, -0.25) is 0 Å². The van der Waals surface area contributed by atoms with E-state index in [0.717, 1.165) is 12.5 Å². The first-order valence-corrected chi connectivity index (χ1v) is 4.14. The van der Waals surface area contributed by atoms with E-state index in [1.165, 1.54) is 0 Å². The van der Waals surface area contributed by atoms with Crippen LogP contribution in [0.1, 0.15) is 26.7 Å². The van der Waals surface area contributed by atoms with E-state index in [2.05, 4.69) is 0 Å². The van der Waals surface area contributed by atoms with Gasteiger partial charge in [0.15, 0.2) is 0 Å². The summed E-state index contributed by atoms with van der Waals surface area (Å²) in [6, 6.07) is 0. The molecule has 0 fully saturated rings. The minimum Gasteiger partial charge on any atom is -0.478 e. The van der Waals surface area contributed by atoms with Crippen LogP contribution in [0.15, 0.2) is 11.6 Å². The molecule has 74 valence electrons. The molecule has 1 unspecified atom stereocenters. The maximum Gasteiger partial charge on any atom is 0.331 e. The van der Waals surface area contributed by atoms with E-state index in [0.29, 0.717) is 6.42 Å². The van der Waals surface area contributed by atoms with Crippen molar-refractivity contribution in [1.29, 1.82) is 0 Å². The van der Waals surface area contributed by atoms with E-state index in [-0.39, 0.29) is 11.5 Å². The summed E-state index contributed by atoms with van der Waals surface area (Å²) < 4.78 is 0. The fraction of sp³-hybridized carbons (Fsp3) is 0.556. The molecule has 0 aromatic heterocycles. The van der Waals surface area contributed by atoms with Crippen molar-refractivity contribution >= 4 is 11.9 Å². The van der Waals surface area contributed by atoms with Crippen LogP contribution in [0.2, 0.25) is 0 Å². The van der Waals surface area contributed by atoms with Gasteiger partial charge in [0.25, 0.3) is 0 Å². The van der Waals surface area contributed by atoms with E-state index in [4.69, 9.17) is 10.2 Å². The van der Waals surface area contributed by atoms with Crippen molar-refractivity contribution < 1.29 is 19.8 Å². The van der Waals surface area contributed by atoms with Crippen LogP contribution in [0.3, 0.4) is 0 Å². The van der Waals surface area contributed by atoms with Crippen molar-refractivity contribution in [2.45, 2.75) is 26.7 Å². The highest BCUT2D eigenvalue weighted by Gasteiger charge is 2.12. The fourth-order valence-corrected chi connectivity index (χ4v) is 0.877. The van der Waals surface area contributed by atoms with Crippen LogP contribution in [0.5, 0.6) is 0 Å². The fourth-order valence-electron chi connectivity index (χ4n) is 0.877. The zero-order valence-corrected chi connectivity index (χ0v) is 7.78. The number of hydrogen-bond acceptors (Lipinski definition) is 2. The van der Waals surface area contributed by atoms with Gasteiger partial charge in [0.1, 0.15) is 0 Å². The second-order valence-corrected chi connectivity index (χ2v) is 3.03. The van der Waals surface area contributed by atoms with Crippen molar-refractivity contribution in [3.05, 3.63) is 11.6 Å². The van der Waals surface area contributed by atoms with E-state index >= 15 is 0 Å². The summed E-state index contributed by atoms with van der Waals surface area (Å²) in [5, 5.41) is 17.0. The number of hydrogen-bond donors (Lipinski definition) is 2. The molecule has 4 nitrogen and oxygen atoms in total. The van der Waals surface area contributed by atoms with Crippen molar-refractivity contribution in [2.24, 2.45) is 5.92 Å². The molecule has 13 heavy (non-hydrogen) atoms. The third-order valence-electron chi connectivity index (χ3n) is 1.84. The van der Waals surface area contributed by atoms with Gasteiger partial charge >= 0.3 is 11.9 Å². The van der Waals surface area contributed by atoms with Gasteiger partial charge in [0.2, 0.25) is 0 Å². The molecule has 0 aromatic carbocycles. The van der Waals surface area contributed by atoms with Crippen molar-refractivity contribution in [1.82, 2.24) is 0 Å². The lowest BCUT2D eigenvalue weighted by molar-refractivity contribution is -0.135. The van der Waals surface area contributed by atoms with Crippen LogP contribution in [-0.4, -0.2) is 22.2 Å². The standard InChI is InChI=1S/C9H14O4/c1-3-6(2)4-7(9(12)13)5-8(10)11/h5-6H,3-4H2,1-2H3,(H,10,11)(H,12,13). The summed E-state index contributed by atoms with van der Waals surface area (Å²) in [6.07, 6.45) is 1.90. The Morgan fingerprint density at radius 1 is 1.38 bits per heavy atom. The molecule has 4 heteroatoms. The van der Waals surface area contributed by atoms with E-state index in [9.17, 15) is 9.59 Å². The number of carboxylic acid groups (broad SMARTS) is 2. The second-order valence-electron chi connectivity index (χ2n) is 3.03. The predicted molar refractivity (Wildman–Crippen MR) is 47.4 cm³/mol. The molecule has 2 N–H and O–H groups in total. The molecule has 1 atom stereocenters. The van der Waals surface area contributed by atoms with Crippen molar-refractivity contribution in [3.63, 3.8) is 0 Å². The number of rotatable bonds is 5. The summed E-state index contributed by atoms with van der Waals surface area (Å²) >= 11 is 0. The Balaban J connectivity index is 4.44. The zero-order valence-electron chi connectivity index (χ0n) is 7.78. The van der Waals surface area contributed by atoms with Gasteiger partial charge in [0.05, 0.1) is 0 Å². The van der Waals surface area contributed by atoms with Crippen LogP contribution in [0.25, 0.3) is 0 Å².